The molecule has 0 radical (unpaired) electrons. The lowest BCUT2D eigenvalue weighted by molar-refractivity contribution is 0.0701. The summed E-state index contributed by atoms with van der Waals surface area (Å²) in [6.07, 6.45) is 0. The first-order chi connectivity index (χ1) is 8.97. The predicted molar refractivity (Wildman–Crippen MR) is 74.1 cm³/mol. The van der Waals surface area contributed by atoms with Crippen LogP contribution in [0.15, 0.2) is 18.2 Å². The van der Waals surface area contributed by atoms with Crippen molar-refractivity contribution in [3.63, 3.8) is 0 Å². The van der Waals surface area contributed by atoms with Gasteiger partial charge in [-0.1, -0.05) is 6.07 Å². The highest BCUT2D eigenvalue weighted by molar-refractivity contribution is 7.13. The topological polar surface area (TPSA) is 59.4 Å². The molecular weight excluding hydrogens is 262 g/mol. The van der Waals surface area contributed by atoms with Crippen molar-refractivity contribution in [2.24, 2.45) is 0 Å². The maximum atomic E-state index is 10.9. The molecule has 0 unspecified atom stereocenters. The van der Waals surface area contributed by atoms with Gasteiger partial charge in [-0.15, -0.1) is 11.3 Å². The standard InChI is InChI=1S/C14H15NO3S/c1-8-4-5-11(6-9(8)2)18-7-12-15-10(3)13(19-12)14(16)17/h4-6H,7H2,1-3H3,(H,16,17). The van der Waals surface area contributed by atoms with E-state index < -0.39 is 5.97 Å². The van der Waals surface area contributed by atoms with Crippen LogP contribution in [-0.4, -0.2) is 16.1 Å². The van der Waals surface area contributed by atoms with E-state index in [0.717, 1.165) is 17.1 Å². The lowest BCUT2D eigenvalue weighted by Gasteiger charge is -2.06. The fourth-order valence-corrected chi connectivity index (χ4v) is 2.48. The summed E-state index contributed by atoms with van der Waals surface area (Å²) >= 11 is 1.16. The molecule has 0 spiro atoms. The van der Waals surface area contributed by atoms with Crippen LogP contribution in [0.5, 0.6) is 5.75 Å². The van der Waals surface area contributed by atoms with Crippen molar-refractivity contribution >= 4 is 17.3 Å². The van der Waals surface area contributed by atoms with Crippen LogP contribution in [0.3, 0.4) is 0 Å². The zero-order valence-corrected chi connectivity index (χ0v) is 11.9. The minimum Gasteiger partial charge on any atom is -0.486 e. The smallest absolute Gasteiger partial charge is 0.347 e. The highest BCUT2D eigenvalue weighted by Gasteiger charge is 2.14. The van der Waals surface area contributed by atoms with Crippen LogP contribution in [0.4, 0.5) is 0 Å². The molecule has 0 aliphatic carbocycles. The molecule has 5 heteroatoms. The van der Waals surface area contributed by atoms with E-state index in [9.17, 15) is 4.79 Å². The summed E-state index contributed by atoms with van der Waals surface area (Å²) in [6.45, 7) is 6.06. The Bertz CT molecular complexity index is 619. The summed E-state index contributed by atoms with van der Waals surface area (Å²) in [6, 6.07) is 5.87. The van der Waals surface area contributed by atoms with Crippen molar-refractivity contribution in [3.8, 4) is 5.75 Å². The fraction of sp³-hybridized carbons (Fsp3) is 0.286. The summed E-state index contributed by atoms with van der Waals surface area (Å²) in [7, 11) is 0. The Morgan fingerprint density at radius 3 is 2.63 bits per heavy atom. The first-order valence-corrected chi connectivity index (χ1v) is 6.68. The Labute approximate surface area is 115 Å². The molecule has 0 amide bonds. The molecule has 1 aromatic carbocycles. The molecule has 4 nitrogen and oxygen atoms in total. The Kier molecular flexibility index (Phi) is 3.85. The van der Waals surface area contributed by atoms with Crippen LogP contribution in [0.1, 0.15) is 31.5 Å². The average Bonchev–Trinajstić information content (AvgIpc) is 2.72. The van der Waals surface area contributed by atoms with Crippen LogP contribution in [-0.2, 0) is 6.61 Å². The number of aromatic carboxylic acids is 1. The molecule has 19 heavy (non-hydrogen) atoms. The van der Waals surface area contributed by atoms with E-state index in [4.69, 9.17) is 9.84 Å². The number of nitrogens with zero attached hydrogens (tertiary/aromatic N) is 1. The van der Waals surface area contributed by atoms with Gasteiger partial charge >= 0.3 is 5.97 Å². The van der Waals surface area contributed by atoms with Gasteiger partial charge in [0.15, 0.2) is 0 Å². The normalized spacial score (nSPS) is 10.5. The molecule has 0 saturated heterocycles. The van der Waals surface area contributed by atoms with E-state index in [0.29, 0.717) is 17.3 Å². The van der Waals surface area contributed by atoms with Gasteiger partial charge in [0.2, 0.25) is 0 Å². The second-order valence-electron chi connectivity index (χ2n) is 4.36. The third-order valence-corrected chi connectivity index (χ3v) is 3.99. The molecule has 100 valence electrons. The largest absolute Gasteiger partial charge is 0.486 e. The molecule has 0 fully saturated rings. The van der Waals surface area contributed by atoms with Crippen LogP contribution in [0.25, 0.3) is 0 Å². The van der Waals surface area contributed by atoms with Gasteiger partial charge in [0.1, 0.15) is 22.2 Å². The van der Waals surface area contributed by atoms with Crippen LogP contribution in [0, 0.1) is 20.8 Å². The van der Waals surface area contributed by atoms with Gasteiger partial charge in [0, 0.05) is 0 Å². The Balaban J connectivity index is 2.08. The average molecular weight is 277 g/mol. The number of aryl methyl sites for hydroxylation is 3. The molecule has 0 aliphatic rings. The Morgan fingerprint density at radius 2 is 2.05 bits per heavy atom. The zero-order valence-electron chi connectivity index (χ0n) is 11.1. The summed E-state index contributed by atoms with van der Waals surface area (Å²) in [5.74, 6) is -0.166. The molecule has 0 aliphatic heterocycles. The van der Waals surface area contributed by atoms with Gasteiger partial charge in [-0.3, -0.25) is 0 Å². The number of thiazole rings is 1. The molecular formula is C14H15NO3S. The lowest BCUT2D eigenvalue weighted by atomic mass is 10.1. The Morgan fingerprint density at radius 1 is 1.32 bits per heavy atom. The first-order valence-electron chi connectivity index (χ1n) is 5.87. The molecule has 0 atom stereocenters. The summed E-state index contributed by atoms with van der Waals surface area (Å²) in [5.41, 5.74) is 2.92. The molecule has 1 N–H and O–H groups in total. The molecule has 1 heterocycles. The summed E-state index contributed by atoms with van der Waals surface area (Å²) in [4.78, 5) is 15.4. The fourth-order valence-electron chi connectivity index (χ4n) is 1.66. The van der Waals surface area contributed by atoms with Crippen molar-refractivity contribution in [1.29, 1.82) is 0 Å². The maximum absolute atomic E-state index is 10.9. The molecule has 0 bridgehead atoms. The van der Waals surface area contributed by atoms with Gasteiger partial charge in [0.25, 0.3) is 0 Å². The third-order valence-electron chi connectivity index (χ3n) is 2.88. The number of ether oxygens (including phenoxy) is 1. The van der Waals surface area contributed by atoms with E-state index in [2.05, 4.69) is 4.98 Å². The third kappa shape index (κ3) is 3.12. The van der Waals surface area contributed by atoms with Crippen LogP contribution >= 0.6 is 11.3 Å². The maximum Gasteiger partial charge on any atom is 0.347 e. The second kappa shape index (κ2) is 5.40. The second-order valence-corrected chi connectivity index (χ2v) is 5.45. The number of benzene rings is 1. The highest BCUT2D eigenvalue weighted by atomic mass is 32.1. The van der Waals surface area contributed by atoms with Crippen LogP contribution < -0.4 is 4.74 Å². The van der Waals surface area contributed by atoms with Crippen molar-refractivity contribution in [3.05, 3.63) is 44.9 Å². The minimum atomic E-state index is -0.938. The molecule has 2 rings (SSSR count). The predicted octanol–water partition coefficient (Wildman–Crippen LogP) is 3.35. The van der Waals surface area contributed by atoms with Gasteiger partial charge < -0.3 is 9.84 Å². The van der Waals surface area contributed by atoms with E-state index in [1.54, 1.807) is 6.92 Å². The number of rotatable bonds is 4. The molecule has 0 saturated carbocycles. The van der Waals surface area contributed by atoms with E-state index >= 15 is 0 Å². The monoisotopic (exact) mass is 277 g/mol. The van der Waals surface area contributed by atoms with E-state index in [1.165, 1.54) is 11.1 Å². The van der Waals surface area contributed by atoms with E-state index in [-0.39, 0.29) is 4.88 Å². The zero-order chi connectivity index (χ0) is 14.0. The number of hydrogen-bond acceptors (Lipinski definition) is 4. The van der Waals surface area contributed by atoms with Gasteiger partial charge in [-0.2, -0.15) is 0 Å². The minimum absolute atomic E-state index is 0.277. The van der Waals surface area contributed by atoms with Gasteiger partial charge in [-0.05, 0) is 44.0 Å². The quantitative estimate of drug-likeness (QED) is 0.931. The lowest BCUT2D eigenvalue weighted by Crippen LogP contribution is -1.95. The number of hydrogen-bond donors (Lipinski definition) is 1. The molecule has 2 aromatic rings. The van der Waals surface area contributed by atoms with Crippen molar-refractivity contribution in [2.75, 3.05) is 0 Å². The van der Waals surface area contributed by atoms with Gasteiger partial charge in [0.05, 0.1) is 5.69 Å². The van der Waals surface area contributed by atoms with E-state index in [1.807, 2.05) is 32.0 Å². The van der Waals surface area contributed by atoms with Crippen molar-refractivity contribution < 1.29 is 14.6 Å². The van der Waals surface area contributed by atoms with Crippen molar-refractivity contribution in [2.45, 2.75) is 27.4 Å². The number of aromatic nitrogens is 1. The number of carbonyl (C=O) groups is 1. The number of carboxylic acids is 1. The van der Waals surface area contributed by atoms with Gasteiger partial charge in [-0.25, -0.2) is 9.78 Å². The summed E-state index contributed by atoms with van der Waals surface area (Å²) < 4.78 is 5.63. The number of carboxylic acid groups (broad SMARTS) is 1. The van der Waals surface area contributed by atoms with Crippen molar-refractivity contribution in [1.82, 2.24) is 4.98 Å². The SMILES string of the molecule is Cc1ccc(OCc2nc(C)c(C(=O)O)s2)cc1C. The molecule has 1 aromatic heterocycles. The van der Waals surface area contributed by atoms with Crippen LogP contribution in [0.2, 0.25) is 0 Å². The Hall–Kier alpha value is -1.88. The first kappa shape index (κ1) is 13.5. The summed E-state index contributed by atoms with van der Waals surface area (Å²) in [5, 5.41) is 9.63. The highest BCUT2D eigenvalue weighted by Crippen LogP contribution is 2.21.